The third-order valence-electron chi connectivity index (χ3n) is 3.50. The molecule has 1 aliphatic rings. The average molecular weight is 211 g/mol. The molecule has 1 heterocycles. The first-order chi connectivity index (χ1) is 6.94. The summed E-state index contributed by atoms with van der Waals surface area (Å²) in [7, 11) is 0. The number of rotatable bonds is 3. The van der Waals surface area contributed by atoms with Crippen LogP contribution in [0.4, 0.5) is 5.82 Å². The summed E-state index contributed by atoms with van der Waals surface area (Å²) in [6.07, 6.45) is 2.19. The fourth-order valence-corrected chi connectivity index (χ4v) is 2.29. The first kappa shape index (κ1) is 10.1. The summed E-state index contributed by atoms with van der Waals surface area (Å²) in [5.41, 5.74) is -0.0845. The first-order valence-corrected chi connectivity index (χ1v) is 4.74. The SMILES string of the molecule is CC1(C)CC1(CO)c1cn[nH]c1[N+](=O)[O-]. The zero-order valence-corrected chi connectivity index (χ0v) is 8.65. The average Bonchev–Trinajstić information content (AvgIpc) is 2.59. The van der Waals surface area contributed by atoms with Crippen LogP contribution in [-0.4, -0.2) is 26.8 Å². The lowest BCUT2D eigenvalue weighted by molar-refractivity contribution is -0.390. The number of aliphatic hydroxyl groups is 1. The minimum absolute atomic E-state index is 0.0830. The zero-order valence-electron chi connectivity index (χ0n) is 8.65. The van der Waals surface area contributed by atoms with Crippen LogP contribution in [0.1, 0.15) is 25.8 Å². The number of aliphatic hydroxyl groups excluding tert-OH is 1. The molecule has 0 radical (unpaired) electrons. The lowest BCUT2D eigenvalue weighted by Gasteiger charge is -2.15. The Labute approximate surface area is 86.5 Å². The highest BCUT2D eigenvalue weighted by Gasteiger charge is 2.64. The Balaban J connectivity index is 2.46. The third-order valence-corrected chi connectivity index (χ3v) is 3.50. The summed E-state index contributed by atoms with van der Waals surface area (Å²) in [4.78, 5) is 10.2. The molecule has 0 aromatic carbocycles. The van der Waals surface area contributed by atoms with Crippen molar-refractivity contribution in [2.75, 3.05) is 6.61 Å². The highest BCUT2D eigenvalue weighted by atomic mass is 16.6. The van der Waals surface area contributed by atoms with Crippen molar-refractivity contribution < 1.29 is 10.0 Å². The molecule has 0 spiro atoms. The van der Waals surface area contributed by atoms with Gasteiger partial charge in [0.25, 0.3) is 0 Å². The first-order valence-electron chi connectivity index (χ1n) is 4.74. The van der Waals surface area contributed by atoms with Gasteiger partial charge in [0, 0.05) is 5.41 Å². The smallest absolute Gasteiger partial charge is 0.346 e. The van der Waals surface area contributed by atoms with Crippen molar-refractivity contribution in [1.29, 1.82) is 0 Å². The number of nitrogens with zero attached hydrogens (tertiary/aromatic N) is 2. The summed E-state index contributed by atoms with van der Waals surface area (Å²) in [6.45, 7) is 3.89. The maximum absolute atomic E-state index is 10.7. The van der Waals surface area contributed by atoms with Crippen LogP contribution in [0.25, 0.3) is 0 Å². The molecule has 2 N–H and O–H groups in total. The van der Waals surface area contributed by atoms with Crippen LogP contribution in [-0.2, 0) is 5.41 Å². The van der Waals surface area contributed by atoms with Gasteiger partial charge >= 0.3 is 5.82 Å². The predicted molar refractivity (Wildman–Crippen MR) is 52.4 cm³/mol. The highest BCUT2D eigenvalue weighted by Crippen LogP contribution is 2.65. The molecule has 82 valence electrons. The van der Waals surface area contributed by atoms with Crippen LogP contribution in [0.5, 0.6) is 0 Å². The summed E-state index contributed by atoms with van der Waals surface area (Å²) in [6, 6.07) is 0. The van der Waals surface area contributed by atoms with Gasteiger partial charge in [0.1, 0.15) is 0 Å². The molecule has 1 atom stereocenters. The summed E-state index contributed by atoms with van der Waals surface area (Å²) in [5, 5.41) is 26.2. The number of hydrogen-bond donors (Lipinski definition) is 2. The van der Waals surface area contributed by atoms with E-state index in [9.17, 15) is 15.2 Å². The Kier molecular flexibility index (Phi) is 1.88. The second-order valence-electron chi connectivity index (χ2n) is 4.69. The van der Waals surface area contributed by atoms with E-state index in [1.54, 1.807) is 0 Å². The maximum atomic E-state index is 10.7. The number of nitro groups is 1. The van der Waals surface area contributed by atoms with E-state index in [2.05, 4.69) is 10.2 Å². The molecule has 15 heavy (non-hydrogen) atoms. The molecule has 1 aromatic heterocycles. The van der Waals surface area contributed by atoms with E-state index in [0.717, 1.165) is 6.42 Å². The second-order valence-corrected chi connectivity index (χ2v) is 4.69. The van der Waals surface area contributed by atoms with Crippen LogP contribution in [0.3, 0.4) is 0 Å². The van der Waals surface area contributed by atoms with Gasteiger partial charge in [0.05, 0.1) is 18.4 Å². The Bertz CT molecular complexity index is 412. The Morgan fingerprint density at radius 2 is 2.33 bits per heavy atom. The Morgan fingerprint density at radius 3 is 2.73 bits per heavy atom. The van der Waals surface area contributed by atoms with Crippen molar-refractivity contribution in [2.45, 2.75) is 25.7 Å². The van der Waals surface area contributed by atoms with Gasteiger partial charge in [-0.25, -0.2) is 0 Å². The van der Waals surface area contributed by atoms with Gasteiger partial charge in [-0.05, 0) is 16.8 Å². The Morgan fingerprint density at radius 1 is 1.73 bits per heavy atom. The molecular formula is C9H13N3O3. The van der Waals surface area contributed by atoms with Gasteiger partial charge in [-0.2, -0.15) is 0 Å². The van der Waals surface area contributed by atoms with E-state index in [1.807, 2.05) is 13.8 Å². The normalized spacial score (nSPS) is 27.7. The van der Waals surface area contributed by atoms with Gasteiger partial charge < -0.3 is 15.2 Å². The van der Waals surface area contributed by atoms with Gasteiger partial charge in [0.15, 0.2) is 0 Å². The number of aromatic amines is 1. The van der Waals surface area contributed by atoms with E-state index < -0.39 is 10.3 Å². The molecule has 6 heteroatoms. The molecule has 0 saturated heterocycles. The van der Waals surface area contributed by atoms with E-state index in [1.165, 1.54) is 6.20 Å². The van der Waals surface area contributed by atoms with Crippen LogP contribution in [0.15, 0.2) is 6.20 Å². The lowest BCUT2D eigenvalue weighted by Crippen LogP contribution is -2.19. The van der Waals surface area contributed by atoms with Crippen LogP contribution >= 0.6 is 0 Å². The van der Waals surface area contributed by atoms with Gasteiger partial charge in [0.2, 0.25) is 0 Å². The predicted octanol–water partition coefficient (Wildman–Crippen LogP) is 0.978. The molecule has 6 nitrogen and oxygen atoms in total. The maximum Gasteiger partial charge on any atom is 0.346 e. The fourth-order valence-electron chi connectivity index (χ4n) is 2.29. The van der Waals surface area contributed by atoms with Crippen molar-refractivity contribution in [3.8, 4) is 0 Å². The molecule has 1 unspecified atom stereocenters. The fraction of sp³-hybridized carbons (Fsp3) is 0.667. The topological polar surface area (TPSA) is 92.1 Å². The third kappa shape index (κ3) is 1.18. The molecule has 0 bridgehead atoms. The summed E-state index contributed by atoms with van der Waals surface area (Å²) < 4.78 is 0. The number of aromatic nitrogens is 2. The standard InChI is InChI=1S/C9H13N3O3/c1-8(2)4-9(8,5-13)6-3-10-11-7(6)12(14)15/h3,13H,4-5H2,1-2H3,(H,10,11). The Hall–Kier alpha value is -1.43. The molecule has 1 saturated carbocycles. The number of H-pyrrole nitrogens is 1. The summed E-state index contributed by atoms with van der Waals surface area (Å²) >= 11 is 0. The van der Waals surface area contributed by atoms with Gasteiger partial charge in [-0.3, -0.25) is 0 Å². The van der Waals surface area contributed by atoms with Crippen molar-refractivity contribution in [2.24, 2.45) is 5.41 Å². The monoisotopic (exact) mass is 211 g/mol. The van der Waals surface area contributed by atoms with E-state index >= 15 is 0 Å². The van der Waals surface area contributed by atoms with E-state index in [0.29, 0.717) is 5.56 Å². The molecular weight excluding hydrogens is 198 g/mol. The van der Waals surface area contributed by atoms with Crippen LogP contribution in [0.2, 0.25) is 0 Å². The van der Waals surface area contributed by atoms with Crippen LogP contribution in [0, 0.1) is 15.5 Å². The molecule has 1 fully saturated rings. The minimum atomic E-state index is -0.498. The number of hydrogen-bond acceptors (Lipinski definition) is 4. The molecule has 2 rings (SSSR count). The molecule has 1 aliphatic carbocycles. The van der Waals surface area contributed by atoms with Crippen LogP contribution < -0.4 is 0 Å². The van der Waals surface area contributed by atoms with Crippen molar-refractivity contribution in [3.63, 3.8) is 0 Å². The quantitative estimate of drug-likeness (QED) is 0.575. The molecule has 1 aromatic rings. The molecule has 0 aliphatic heterocycles. The van der Waals surface area contributed by atoms with Crippen molar-refractivity contribution >= 4 is 5.82 Å². The van der Waals surface area contributed by atoms with Gasteiger partial charge in [-0.1, -0.05) is 18.9 Å². The van der Waals surface area contributed by atoms with Crippen molar-refractivity contribution in [3.05, 3.63) is 21.9 Å². The minimum Gasteiger partial charge on any atom is -0.395 e. The van der Waals surface area contributed by atoms with Gasteiger partial charge in [-0.15, -0.1) is 5.10 Å². The number of nitrogens with one attached hydrogen (secondary N) is 1. The highest BCUT2D eigenvalue weighted by molar-refractivity contribution is 5.45. The largest absolute Gasteiger partial charge is 0.395 e. The molecule has 0 amide bonds. The summed E-state index contributed by atoms with van der Waals surface area (Å²) in [5.74, 6) is -0.102. The zero-order chi connectivity index (χ0) is 11.3. The van der Waals surface area contributed by atoms with E-state index in [-0.39, 0.29) is 17.8 Å². The second kappa shape index (κ2) is 2.79. The van der Waals surface area contributed by atoms with Crippen molar-refractivity contribution in [1.82, 2.24) is 10.2 Å². The van der Waals surface area contributed by atoms with E-state index in [4.69, 9.17) is 0 Å². The lowest BCUT2D eigenvalue weighted by atomic mass is 9.90.